The molecule has 0 fully saturated rings. The van der Waals surface area contributed by atoms with Crippen LogP contribution in [0.3, 0.4) is 0 Å². The van der Waals surface area contributed by atoms with Gasteiger partial charge in [0, 0.05) is 11.1 Å². The molecule has 0 saturated heterocycles. The molecular formula is C22H20N2O. The molecule has 0 unspecified atom stereocenters. The first-order valence-corrected chi connectivity index (χ1v) is 8.59. The van der Waals surface area contributed by atoms with E-state index in [1.807, 2.05) is 12.1 Å². The van der Waals surface area contributed by atoms with Crippen molar-refractivity contribution in [3.05, 3.63) is 77.4 Å². The Labute approximate surface area is 147 Å². The molecule has 1 aliphatic carbocycles. The molecule has 0 aliphatic heterocycles. The van der Waals surface area contributed by atoms with Crippen LogP contribution in [-0.4, -0.2) is 10.1 Å². The first-order chi connectivity index (χ1) is 12.2. The maximum absolute atomic E-state index is 5.51. The molecule has 0 atom stereocenters. The van der Waals surface area contributed by atoms with E-state index in [1.54, 1.807) is 0 Å². The van der Waals surface area contributed by atoms with Gasteiger partial charge in [-0.1, -0.05) is 41.6 Å². The summed E-state index contributed by atoms with van der Waals surface area (Å²) in [6, 6.07) is 12.6. The van der Waals surface area contributed by atoms with Crippen molar-refractivity contribution in [1.82, 2.24) is 10.1 Å². The Morgan fingerprint density at radius 2 is 2.04 bits per heavy atom. The minimum atomic E-state index is 0.560. The highest BCUT2D eigenvalue weighted by Crippen LogP contribution is 2.28. The smallest absolute Gasteiger partial charge is 0.258 e. The van der Waals surface area contributed by atoms with Gasteiger partial charge in [0.1, 0.15) is 0 Å². The molecule has 0 radical (unpaired) electrons. The van der Waals surface area contributed by atoms with Gasteiger partial charge in [-0.25, -0.2) is 0 Å². The van der Waals surface area contributed by atoms with Gasteiger partial charge >= 0.3 is 0 Å². The van der Waals surface area contributed by atoms with E-state index < -0.39 is 0 Å². The van der Waals surface area contributed by atoms with Gasteiger partial charge in [0.15, 0.2) is 0 Å². The number of aryl methyl sites for hydroxylation is 2. The number of aromatic nitrogens is 2. The number of benzene rings is 2. The molecule has 3 heteroatoms. The summed E-state index contributed by atoms with van der Waals surface area (Å²) < 4.78 is 5.51. The second-order valence-corrected chi connectivity index (χ2v) is 6.41. The minimum absolute atomic E-state index is 0.560. The van der Waals surface area contributed by atoms with Crippen molar-refractivity contribution in [3.63, 3.8) is 0 Å². The number of nitrogens with zero attached hydrogens (tertiary/aromatic N) is 2. The highest BCUT2D eigenvalue weighted by atomic mass is 16.5. The predicted octanol–water partition coefficient (Wildman–Crippen LogP) is 5.40. The lowest BCUT2D eigenvalue weighted by atomic mass is 10.0. The second-order valence-electron chi connectivity index (χ2n) is 6.41. The van der Waals surface area contributed by atoms with Crippen LogP contribution in [0.25, 0.3) is 28.9 Å². The molecule has 1 heterocycles. The molecule has 25 heavy (non-hydrogen) atoms. The van der Waals surface area contributed by atoms with Crippen molar-refractivity contribution in [3.8, 4) is 22.8 Å². The monoisotopic (exact) mass is 328 g/mol. The van der Waals surface area contributed by atoms with E-state index >= 15 is 0 Å². The van der Waals surface area contributed by atoms with Crippen LogP contribution in [0.1, 0.15) is 28.7 Å². The molecule has 0 amide bonds. The molecule has 0 bridgehead atoms. The fraction of sp³-hybridized carbons (Fsp3) is 0.182. The van der Waals surface area contributed by atoms with Gasteiger partial charge in [-0.2, -0.15) is 4.98 Å². The van der Waals surface area contributed by atoms with E-state index in [0.29, 0.717) is 11.7 Å². The van der Waals surface area contributed by atoms with Crippen molar-refractivity contribution >= 4 is 6.08 Å². The highest BCUT2D eigenvalue weighted by Gasteiger charge is 2.13. The zero-order valence-corrected chi connectivity index (χ0v) is 14.3. The predicted molar refractivity (Wildman–Crippen MR) is 101 cm³/mol. The third-order valence-electron chi connectivity index (χ3n) is 4.67. The largest absolute Gasteiger partial charge is 0.334 e. The summed E-state index contributed by atoms with van der Waals surface area (Å²) in [5.41, 5.74) is 7.10. The fourth-order valence-electron chi connectivity index (χ4n) is 3.21. The maximum atomic E-state index is 5.51. The first-order valence-electron chi connectivity index (χ1n) is 8.59. The van der Waals surface area contributed by atoms with Crippen molar-refractivity contribution in [2.45, 2.75) is 26.2 Å². The number of rotatable bonds is 5. The number of allylic oxidation sites excluding steroid dienone is 2. The van der Waals surface area contributed by atoms with Crippen LogP contribution in [0, 0.1) is 6.92 Å². The summed E-state index contributed by atoms with van der Waals surface area (Å²) in [5.74, 6) is 1.19. The molecule has 2 aromatic carbocycles. The quantitative estimate of drug-likeness (QED) is 0.589. The van der Waals surface area contributed by atoms with E-state index in [-0.39, 0.29) is 0 Å². The summed E-state index contributed by atoms with van der Waals surface area (Å²) in [5, 5.41) is 4.17. The molecule has 3 nitrogen and oxygen atoms in total. The lowest BCUT2D eigenvalue weighted by molar-refractivity contribution is 0.432. The van der Waals surface area contributed by atoms with E-state index in [9.17, 15) is 0 Å². The molecule has 0 N–H and O–H groups in total. The summed E-state index contributed by atoms with van der Waals surface area (Å²) in [7, 11) is 0. The topological polar surface area (TPSA) is 38.9 Å². The van der Waals surface area contributed by atoms with Gasteiger partial charge in [-0.05, 0) is 66.6 Å². The van der Waals surface area contributed by atoms with Crippen molar-refractivity contribution in [1.29, 1.82) is 0 Å². The Hall–Kier alpha value is -2.94. The van der Waals surface area contributed by atoms with Crippen LogP contribution in [0.5, 0.6) is 0 Å². The SMILES string of the molecule is C=CCCc1ccc(-c2nc(-c3ccc4c(c3)C=CC4)no2)cc1C. The van der Waals surface area contributed by atoms with E-state index in [4.69, 9.17) is 4.52 Å². The zero-order valence-electron chi connectivity index (χ0n) is 14.3. The maximum Gasteiger partial charge on any atom is 0.258 e. The molecule has 0 saturated carbocycles. The number of fused-ring (bicyclic) bond motifs is 1. The van der Waals surface area contributed by atoms with Crippen LogP contribution in [0.15, 0.2) is 59.7 Å². The fourth-order valence-corrected chi connectivity index (χ4v) is 3.21. The van der Waals surface area contributed by atoms with Crippen molar-refractivity contribution in [2.24, 2.45) is 0 Å². The van der Waals surface area contributed by atoms with Gasteiger partial charge in [0.05, 0.1) is 0 Å². The summed E-state index contributed by atoms with van der Waals surface area (Å²) in [6.45, 7) is 5.90. The molecule has 1 aliphatic rings. The second kappa shape index (κ2) is 6.52. The van der Waals surface area contributed by atoms with E-state index in [0.717, 1.165) is 30.4 Å². The lowest BCUT2D eigenvalue weighted by Crippen LogP contribution is -1.90. The Morgan fingerprint density at radius 1 is 1.16 bits per heavy atom. The normalized spacial score (nSPS) is 12.4. The van der Waals surface area contributed by atoms with Crippen LogP contribution in [-0.2, 0) is 12.8 Å². The van der Waals surface area contributed by atoms with Crippen molar-refractivity contribution in [2.75, 3.05) is 0 Å². The van der Waals surface area contributed by atoms with Crippen LogP contribution < -0.4 is 0 Å². The molecule has 3 aromatic rings. The Balaban J connectivity index is 1.62. The Kier molecular flexibility index (Phi) is 4.06. The lowest BCUT2D eigenvalue weighted by Gasteiger charge is -2.05. The third-order valence-corrected chi connectivity index (χ3v) is 4.67. The molecule has 1 aromatic heterocycles. The third kappa shape index (κ3) is 3.05. The molecule has 0 spiro atoms. The minimum Gasteiger partial charge on any atom is -0.334 e. The van der Waals surface area contributed by atoms with Gasteiger partial charge in [0.2, 0.25) is 5.82 Å². The van der Waals surface area contributed by atoms with Crippen LogP contribution in [0.2, 0.25) is 0 Å². The Morgan fingerprint density at radius 3 is 2.88 bits per heavy atom. The van der Waals surface area contributed by atoms with Crippen LogP contribution >= 0.6 is 0 Å². The summed E-state index contributed by atoms with van der Waals surface area (Å²) >= 11 is 0. The molecular weight excluding hydrogens is 308 g/mol. The average Bonchev–Trinajstić information content (AvgIpc) is 3.29. The van der Waals surface area contributed by atoms with E-state index in [1.165, 1.54) is 22.3 Å². The summed E-state index contributed by atoms with van der Waals surface area (Å²) in [4.78, 5) is 4.59. The van der Waals surface area contributed by atoms with Crippen molar-refractivity contribution < 1.29 is 4.52 Å². The highest BCUT2D eigenvalue weighted by molar-refractivity contribution is 5.68. The first kappa shape index (κ1) is 15.6. The number of hydrogen-bond acceptors (Lipinski definition) is 3. The van der Waals surface area contributed by atoms with Gasteiger partial charge in [0.25, 0.3) is 5.89 Å². The average molecular weight is 328 g/mol. The number of hydrogen-bond donors (Lipinski definition) is 0. The zero-order chi connectivity index (χ0) is 17.2. The molecule has 124 valence electrons. The van der Waals surface area contributed by atoms with Gasteiger partial charge < -0.3 is 4.52 Å². The Bertz CT molecular complexity index is 966. The van der Waals surface area contributed by atoms with Crippen LogP contribution in [0.4, 0.5) is 0 Å². The summed E-state index contributed by atoms with van der Waals surface area (Å²) in [6.07, 6.45) is 9.26. The van der Waals surface area contributed by atoms with E-state index in [2.05, 4.69) is 66.1 Å². The van der Waals surface area contributed by atoms with Gasteiger partial charge in [-0.3, -0.25) is 0 Å². The molecule has 4 rings (SSSR count). The standard InChI is InChI=1S/C22H20N2O/c1-3-4-6-16-9-12-20(13-15(16)2)22-23-21(24-25-22)19-11-10-17-7-5-8-18(17)14-19/h3,5,8-14H,1,4,6-7H2,2H3. The van der Waals surface area contributed by atoms with Gasteiger partial charge in [-0.15, -0.1) is 6.58 Å².